The third kappa shape index (κ3) is 3.05. The van der Waals surface area contributed by atoms with Gasteiger partial charge in [0.15, 0.2) is 0 Å². The molecule has 0 aliphatic carbocycles. The van der Waals surface area contributed by atoms with Crippen molar-refractivity contribution in [1.29, 1.82) is 0 Å². The number of carbonyl (C=O) groups excluding carboxylic acids is 1. The van der Waals surface area contributed by atoms with Crippen molar-refractivity contribution >= 4 is 5.78 Å². The summed E-state index contributed by atoms with van der Waals surface area (Å²) in [7, 11) is 0. The minimum absolute atomic E-state index is 0.0244. The average Bonchev–Trinajstić information content (AvgIpc) is 2.26. The van der Waals surface area contributed by atoms with E-state index in [-0.39, 0.29) is 11.8 Å². The van der Waals surface area contributed by atoms with Gasteiger partial charge in [0.25, 0.3) is 0 Å². The highest BCUT2D eigenvalue weighted by atomic mass is 16.1. The van der Waals surface area contributed by atoms with Crippen molar-refractivity contribution in [2.75, 3.05) is 0 Å². The molecule has 15 heavy (non-hydrogen) atoms. The van der Waals surface area contributed by atoms with Gasteiger partial charge < -0.3 is 0 Å². The summed E-state index contributed by atoms with van der Waals surface area (Å²) in [6.07, 6.45) is 2.54. The van der Waals surface area contributed by atoms with Gasteiger partial charge in [0.05, 0.1) is 0 Å². The highest BCUT2D eigenvalue weighted by Crippen LogP contribution is 2.24. The van der Waals surface area contributed by atoms with Crippen LogP contribution in [0.4, 0.5) is 0 Å². The molecule has 0 fully saturated rings. The van der Waals surface area contributed by atoms with Crippen LogP contribution in [0.2, 0.25) is 0 Å². The number of ketones is 1. The summed E-state index contributed by atoms with van der Waals surface area (Å²) >= 11 is 0. The first kappa shape index (κ1) is 11.7. The molecule has 1 rings (SSSR count). The Morgan fingerprint density at radius 1 is 1.33 bits per heavy atom. The van der Waals surface area contributed by atoms with Crippen LogP contribution in [0.3, 0.4) is 0 Å². The Morgan fingerprint density at radius 3 is 2.40 bits per heavy atom. The molecule has 0 N–H and O–H groups in total. The summed E-state index contributed by atoms with van der Waals surface area (Å²) in [4.78, 5) is 12.0. The molecule has 0 saturated heterocycles. The SMILES string of the molecule is C=CCC(C(=O)C(C)C)c1ccccc1. The number of rotatable bonds is 5. The van der Waals surface area contributed by atoms with Crippen LogP contribution in [0.25, 0.3) is 0 Å². The van der Waals surface area contributed by atoms with Gasteiger partial charge in [0, 0.05) is 11.8 Å². The van der Waals surface area contributed by atoms with Crippen LogP contribution >= 0.6 is 0 Å². The topological polar surface area (TPSA) is 17.1 Å². The third-order valence-corrected chi connectivity index (χ3v) is 2.52. The Balaban J connectivity index is 2.93. The van der Waals surface area contributed by atoms with E-state index in [4.69, 9.17) is 0 Å². The molecule has 0 aliphatic rings. The smallest absolute Gasteiger partial charge is 0.143 e. The third-order valence-electron chi connectivity index (χ3n) is 2.52. The predicted molar refractivity (Wildman–Crippen MR) is 63.8 cm³/mol. The summed E-state index contributed by atoms with van der Waals surface area (Å²) in [6, 6.07) is 9.93. The van der Waals surface area contributed by atoms with Crippen LogP contribution in [0.5, 0.6) is 0 Å². The van der Waals surface area contributed by atoms with Crippen LogP contribution in [-0.2, 0) is 4.79 Å². The fraction of sp³-hybridized carbons (Fsp3) is 0.357. The molecule has 0 amide bonds. The van der Waals surface area contributed by atoms with E-state index in [9.17, 15) is 4.79 Å². The Labute approximate surface area is 91.8 Å². The second-order valence-electron chi connectivity index (χ2n) is 4.04. The van der Waals surface area contributed by atoms with Crippen molar-refractivity contribution in [2.45, 2.75) is 26.2 Å². The zero-order valence-corrected chi connectivity index (χ0v) is 9.44. The monoisotopic (exact) mass is 202 g/mol. The van der Waals surface area contributed by atoms with Crippen molar-refractivity contribution in [1.82, 2.24) is 0 Å². The molecule has 0 bridgehead atoms. The molecular formula is C14H18O. The molecule has 80 valence electrons. The molecule has 1 heteroatoms. The first-order valence-corrected chi connectivity index (χ1v) is 5.36. The second-order valence-corrected chi connectivity index (χ2v) is 4.04. The van der Waals surface area contributed by atoms with Crippen molar-refractivity contribution in [2.24, 2.45) is 5.92 Å². The van der Waals surface area contributed by atoms with Gasteiger partial charge in [0.1, 0.15) is 5.78 Å². The van der Waals surface area contributed by atoms with Gasteiger partial charge in [-0.1, -0.05) is 50.3 Å². The van der Waals surface area contributed by atoms with E-state index in [1.54, 1.807) is 0 Å². The zero-order valence-electron chi connectivity index (χ0n) is 9.44. The lowest BCUT2D eigenvalue weighted by Gasteiger charge is -2.16. The van der Waals surface area contributed by atoms with E-state index in [0.29, 0.717) is 5.78 Å². The number of carbonyl (C=O) groups is 1. The van der Waals surface area contributed by atoms with Crippen molar-refractivity contribution in [3.63, 3.8) is 0 Å². The average molecular weight is 202 g/mol. The minimum Gasteiger partial charge on any atom is -0.299 e. The lowest BCUT2D eigenvalue weighted by Crippen LogP contribution is -2.17. The maximum Gasteiger partial charge on any atom is 0.143 e. The molecule has 0 heterocycles. The zero-order chi connectivity index (χ0) is 11.3. The molecule has 1 aromatic carbocycles. The fourth-order valence-corrected chi connectivity index (χ4v) is 1.67. The fourth-order valence-electron chi connectivity index (χ4n) is 1.67. The van der Waals surface area contributed by atoms with Crippen LogP contribution in [0, 0.1) is 5.92 Å². The number of allylic oxidation sites excluding steroid dienone is 1. The first-order valence-electron chi connectivity index (χ1n) is 5.36. The van der Waals surface area contributed by atoms with Gasteiger partial charge in [-0.05, 0) is 12.0 Å². The number of Topliss-reactive ketones (excluding diaryl/α,β-unsaturated/α-hetero) is 1. The van der Waals surface area contributed by atoms with E-state index in [2.05, 4.69) is 6.58 Å². The van der Waals surface area contributed by atoms with Crippen molar-refractivity contribution < 1.29 is 4.79 Å². The summed E-state index contributed by atoms with van der Waals surface area (Å²) in [5, 5.41) is 0. The van der Waals surface area contributed by atoms with Gasteiger partial charge >= 0.3 is 0 Å². The second kappa shape index (κ2) is 5.50. The summed E-state index contributed by atoms with van der Waals surface area (Å²) < 4.78 is 0. The predicted octanol–water partition coefficient (Wildman–Crippen LogP) is 3.57. The van der Waals surface area contributed by atoms with Gasteiger partial charge in [-0.3, -0.25) is 4.79 Å². The number of benzene rings is 1. The Bertz CT molecular complexity index is 324. The highest BCUT2D eigenvalue weighted by Gasteiger charge is 2.21. The quantitative estimate of drug-likeness (QED) is 0.667. The van der Waals surface area contributed by atoms with Gasteiger partial charge in [-0.2, -0.15) is 0 Å². The molecule has 0 aromatic heterocycles. The van der Waals surface area contributed by atoms with Gasteiger partial charge in [0.2, 0.25) is 0 Å². The Kier molecular flexibility index (Phi) is 4.29. The molecule has 1 nitrogen and oxygen atoms in total. The molecule has 1 aromatic rings. The minimum atomic E-state index is -0.0244. The van der Waals surface area contributed by atoms with E-state index in [0.717, 1.165) is 12.0 Å². The molecular weight excluding hydrogens is 184 g/mol. The maximum absolute atomic E-state index is 12.0. The lowest BCUT2D eigenvalue weighted by atomic mass is 9.86. The van der Waals surface area contributed by atoms with E-state index < -0.39 is 0 Å². The summed E-state index contributed by atoms with van der Waals surface area (Å²) in [5.41, 5.74) is 1.09. The maximum atomic E-state index is 12.0. The molecule has 0 aliphatic heterocycles. The normalized spacial score (nSPS) is 12.5. The van der Waals surface area contributed by atoms with Crippen LogP contribution in [-0.4, -0.2) is 5.78 Å². The van der Waals surface area contributed by atoms with Crippen molar-refractivity contribution in [3.05, 3.63) is 48.6 Å². The Hall–Kier alpha value is -1.37. The summed E-state index contributed by atoms with van der Waals surface area (Å²) in [5.74, 6) is 0.347. The molecule has 0 saturated carbocycles. The summed E-state index contributed by atoms with van der Waals surface area (Å²) in [6.45, 7) is 7.61. The standard InChI is InChI=1S/C14H18O/c1-4-8-13(14(15)11(2)3)12-9-6-5-7-10-12/h4-7,9-11,13H,1,8H2,2-3H3. The van der Waals surface area contributed by atoms with Gasteiger partial charge in [-0.15, -0.1) is 6.58 Å². The lowest BCUT2D eigenvalue weighted by molar-refractivity contribution is -0.123. The molecule has 0 spiro atoms. The van der Waals surface area contributed by atoms with Crippen LogP contribution < -0.4 is 0 Å². The van der Waals surface area contributed by atoms with E-state index >= 15 is 0 Å². The van der Waals surface area contributed by atoms with E-state index in [1.165, 1.54) is 0 Å². The largest absolute Gasteiger partial charge is 0.299 e. The van der Waals surface area contributed by atoms with Gasteiger partial charge in [-0.25, -0.2) is 0 Å². The van der Waals surface area contributed by atoms with Crippen LogP contribution in [0.1, 0.15) is 31.7 Å². The van der Waals surface area contributed by atoms with Crippen LogP contribution in [0.15, 0.2) is 43.0 Å². The first-order chi connectivity index (χ1) is 7.16. The van der Waals surface area contributed by atoms with E-state index in [1.807, 2.05) is 50.3 Å². The van der Waals surface area contributed by atoms with Crippen molar-refractivity contribution in [3.8, 4) is 0 Å². The molecule has 0 radical (unpaired) electrons. The molecule has 1 atom stereocenters. The highest BCUT2D eigenvalue weighted by molar-refractivity contribution is 5.87. The molecule has 1 unspecified atom stereocenters. The number of hydrogen-bond acceptors (Lipinski definition) is 1. The number of hydrogen-bond donors (Lipinski definition) is 0. The Morgan fingerprint density at radius 2 is 1.93 bits per heavy atom.